The van der Waals surface area contributed by atoms with Gasteiger partial charge in [-0.2, -0.15) is 0 Å². The standard InChI is InChI=1S/C61H69BF2N8O8/c1-40-49-18-10-9-17-44(49)36-50(40)59(77)68-41(2)58(76)69-52(60(78)70-53(57(75)61(3)39-80-61)35-43-15-6-4-7-16-43)19-11-13-33-66-55(73)21-8-5-12-32-67-56(74)38-79-48-29-23-42(24-30-48)22-25-45-26-27-46-37-47-28-31-54(51-20-14-34-65-51)72(47)62(63,64)71(45)46/h4,6-7,9-10,14-18,20,22-31,34,37,40-41,50,52-53,65H,5,8,11-13,19,21,32-33,35-36,38-39H2,1-3H3,(H,66,73)(H,67,74)(H,68,77)(H,69,76)(H,70,78)/b25-22+/t40?,41-,50?,52-,53-,61+/m0/s1. The average Bonchev–Trinajstić information content (AvgIpc) is 4.19. The topological polar surface area (TPSA) is 208 Å². The number of halogens is 2. The molecule has 9 rings (SSSR count). The van der Waals surface area contributed by atoms with Crippen molar-refractivity contribution in [1.29, 1.82) is 0 Å². The van der Waals surface area contributed by atoms with Gasteiger partial charge in [-0.1, -0.05) is 86.2 Å². The Morgan fingerprint density at radius 1 is 0.812 bits per heavy atom. The summed E-state index contributed by atoms with van der Waals surface area (Å²) in [5.41, 5.74) is 5.06. The van der Waals surface area contributed by atoms with Crippen LogP contribution in [0, 0.1) is 5.92 Å². The fourth-order valence-corrected chi connectivity index (χ4v) is 10.7. The van der Waals surface area contributed by atoms with Gasteiger partial charge in [-0.3, -0.25) is 28.8 Å². The molecular weight excluding hydrogens is 1020 g/mol. The Balaban J connectivity index is 0.674. The second kappa shape index (κ2) is 25.3. The van der Waals surface area contributed by atoms with Gasteiger partial charge in [-0.05, 0) is 129 Å². The number of allylic oxidation sites excluding steroid dienone is 2. The van der Waals surface area contributed by atoms with Crippen LogP contribution in [0.3, 0.4) is 0 Å². The lowest BCUT2D eigenvalue weighted by Crippen LogP contribution is -2.56. The molecule has 418 valence electrons. The van der Waals surface area contributed by atoms with E-state index in [1.54, 1.807) is 99.0 Å². The molecular formula is C61H69BF2N8O8. The van der Waals surface area contributed by atoms with E-state index in [-0.39, 0.29) is 61.4 Å². The minimum absolute atomic E-state index is 0.0190. The van der Waals surface area contributed by atoms with Crippen LogP contribution in [0.4, 0.5) is 8.63 Å². The number of nitrogens with one attached hydrogen (secondary N) is 6. The summed E-state index contributed by atoms with van der Waals surface area (Å²) < 4.78 is 45.7. The van der Waals surface area contributed by atoms with E-state index in [2.05, 4.69) is 31.6 Å². The number of ether oxygens (including phenoxy) is 2. The van der Waals surface area contributed by atoms with E-state index in [4.69, 9.17) is 9.47 Å². The monoisotopic (exact) mass is 1090 g/mol. The molecule has 19 heteroatoms. The molecule has 1 fully saturated rings. The molecule has 5 amide bonds. The quantitative estimate of drug-likeness (QED) is 0.0182. The Morgan fingerprint density at radius 2 is 1.54 bits per heavy atom. The Hall–Kier alpha value is -8.19. The van der Waals surface area contributed by atoms with Crippen LogP contribution in [0.25, 0.3) is 18.2 Å². The summed E-state index contributed by atoms with van der Waals surface area (Å²) in [6.45, 7) is 1.91. The first-order valence-corrected chi connectivity index (χ1v) is 27.7. The Labute approximate surface area is 464 Å². The van der Waals surface area contributed by atoms with Gasteiger partial charge in [-0.25, -0.2) is 0 Å². The van der Waals surface area contributed by atoms with E-state index in [9.17, 15) is 28.8 Å². The van der Waals surface area contributed by atoms with E-state index in [0.717, 1.165) is 31.2 Å². The summed E-state index contributed by atoms with van der Waals surface area (Å²) in [4.78, 5) is 83.2. The molecule has 3 aromatic carbocycles. The van der Waals surface area contributed by atoms with Crippen LogP contribution < -0.4 is 31.3 Å². The number of benzene rings is 3. The number of H-pyrrole nitrogens is 1. The van der Waals surface area contributed by atoms with Crippen LogP contribution in [0.5, 0.6) is 5.75 Å². The number of hydrogen-bond donors (Lipinski definition) is 6. The number of nitrogens with zero attached hydrogens (tertiary/aromatic N) is 2. The molecule has 1 aliphatic carbocycles. The Morgan fingerprint density at radius 3 is 2.27 bits per heavy atom. The van der Waals surface area contributed by atoms with Crippen molar-refractivity contribution >= 4 is 66.2 Å². The molecule has 2 aromatic heterocycles. The van der Waals surface area contributed by atoms with Crippen molar-refractivity contribution in [2.45, 2.75) is 108 Å². The van der Waals surface area contributed by atoms with Crippen LogP contribution in [0.15, 0.2) is 127 Å². The molecule has 1 saturated heterocycles. The molecule has 0 radical (unpaired) electrons. The summed E-state index contributed by atoms with van der Waals surface area (Å²) in [5.74, 6) is -1.88. The Kier molecular flexibility index (Phi) is 17.9. The zero-order valence-corrected chi connectivity index (χ0v) is 45.4. The number of carbonyl (C=O) groups is 6. The van der Waals surface area contributed by atoms with Crippen LogP contribution >= 0.6 is 0 Å². The maximum atomic E-state index is 16.2. The van der Waals surface area contributed by atoms with Gasteiger partial charge in [0.05, 0.1) is 12.6 Å². The fraction of sp³-hybridized carbons (Fsp3) is 0.361. The summed E-state index contributed by atoms with van der Waals surface area (Å²) in [6.07, 6.45) is 14.5. The van der Waals surface area contributed by atoms with Crippen LogP contribution in [-0.2, 0) is 46.3 Å². The molecule has 6 atom stereocenters. The highest BCUT2D eigenvalue weighted by atomic mass is 19.2. The number of carbonyl (C=O) groups excluding carboxylic acids is 6. The lowest BCUT2D eigenvalue weighted by Gasteiger charge is -2.30. The van der Waals surface area contributed by atoms with Gasteiger partial charge in [-0.15, -0.1) is 0 Å². The number of aromatic nitrogens is 2. The molecule has 16 nitrogen and oxygen atoms in total. The van der Waals surface area contributed by atoms with E-state index in [1.165, 1.54) is 0 Å². The van der Waals surface area contributed by atoms with Crippen molar-refractivity contribution in [3.63, 3.8) is 0 Å². The van der Waals surface area contributed by atoms with Crippen molar-refractivity contribution in [2.75, 3.05) is 26.3 Å². The molecule has 5 aromatic rings. The summed E-state index contributed by atoms with van der Waals surface area (Å²) in [5, 5.41) is 14.4. The average molecular weight is 1090 g/mol. The van der Waals surface area contributed by atoms with Crippen LogP contribution in [0.2, 0.25) is 0 Å². The van der Waals surface area contributed by atoms with Crippen molar-refractivity contribution in [3.05, 3.63) is 167 Å². The first-order chi connectivity index (χ1) is 38.6. The Bertz CT molecular complexity index is 3200. The van der Waals surface area contributed by atoms with Crippen LogP contribution in [0.1, 0.15) is 111 Å². The number of fused-ring (bicyclic) bond motifs is 3. The number of Topliss-reactive ketones (excluding diaryl/α,β-unsaturated/α-hetero) is 1. The number of amides is 5. The van der Waals surface area contributed by atoms with Crippen molar-refractivity contribution in [2.24, 2.45) is 5.92 Å². The smallest absolute Gasteiger partial charge is 0.484 e. The molecule has 6 N–H and O–H groups in total. The highest BCUT2D eigenvalue weighted by molar-refractivity contribution is 6.58. The maximum Gasteiger partial charge on any atom is 0.737 e. The highest BCUT2D eigenvalue weighted by Gasteiger charge is 2.53. The number of rotatable bonds is 27. The van der Waals surface area contributed by atoms with E-state index in [0.29, 0.717) is 92.3 Å². The number of aromatic amines is 1. The minimum Gasteiger partial charge on any atom is -0.484 e. The third-order valence-electron chi connectivity index (χ3n) is 15.4. The normalized spacial score (nSPS) is 19.4. The molecule has 3 aliphatic heterocycles. The molecule has 0 spiro atoms. The van der Waals surface area contributed by atoms with Gasteiger partial charge < -0.3 is 58.6 Å². The maximum absolute atomic E-state index is 16.2. The van der Waals surface area contributed by atoms with Crippen molar-refractivity contribution in [3.8, 4) is 5.75 Å². The number of hydrogen-bond acceptors (Lipinski definition) is 8. The van der Waals surface area contributed by atoms with Gasteiger partial charge in [0.15, 0.2) is 23.8 Å². The summed E-state index contributed by atoms with van der Waals surface area (Å²) in [6, 6.07) is 28.3. The summed E-state index contributed by atoms with van der Waals surface area (Å²) in [7, 11) is 0. The SMILES string of the molecule is CC1c2ccccc2CC1C(=O)N[C@@H](C)C(=O)N[C@@H](CCCCNC(=O)CCCCCNC(=O)COc1ccc(/C=C/c2ccc3n2[B-](F)(F)[N+]2=C(c4ccc[nH]4)C=CC2=C3)cc1)C(=O)N[C@@H](Cc1ccccc1)C(=O)[C@@]1(C)CO1. The van der Waals surface area contributed by atoms with Crippen molar-refractivity contribution in [1.82, 2.24) is 36.0 Å². The van der Waals surface area contributed by atoms with E-state index in [1.807, 2.05) is 61.5 Å². The predicted molar refractivity (Wildman–Crippen MR) is 302 cm³/mol. The van der Waals surface area contributed by atoms with Gasteiger partial charge in [0.1, 0.15) is 29.1 Å². The molecule has 4 aliphatic rings. The third-order valence-corrected chi connectivity index (χ3v) is 15.4. The molecule has 0 bridgehead atoms. The molecule has 0 saturated carbocycles. The number of ketones is 1. The number of epoxide rings is 1. The summed E-state index contributed by atoms with van der Waals surface area (Å²) >= 11 is 0. The zero-order chi connectivity index (χ0) is 56.4. The highest BCUT2D eigenvalue weighted by Crippen LogP contribution is 2.38. The van der Waals surface area contributed by atoms with Crippen molar-refractivity contribution < 1.29 is 51.4 Å². The van der Waals surface area contributed by atoms with E-state index < -0.39 is 42.5 Å². The third kappa shape index (κ3) is 13.6. The minimum atomic E-state index is -4.18. The number of unbranched alkanes of at least 4 members (excludes halogenated alkanes) is 3. The van der Waals surface area contributed by atoms with Gasteiger partial charge in [0, 0.05) is 61.2 Å². The second-order valence-corrected chi connectivity index (χ2v) is 21.3. The van der Waals surface area contributed by atoms with Crippen LogP contribution in [-0.4, -0.2) is 112 Å². The van der Waals surface area contributed by atoms with Gasteiger partial charge in [0.2, 0.25) is 23.6 Å². The zero-order valence-electron chi connectivity index (χ0n) is 45.4. The predicted octanol–water partition coefficient (Wildman–Crippen LogP) is 7.03. The lowest BCUT2D eigenvalue weighted by atomic mass is 9.90. The van der Waals surface area contributed by atoms with Gasteiger partial charge >= 0.3 is 6.97 Å². The largest absolute Gasteiger partial charge is 0.737 e. The van der Waals surface area contributed by atoms with Gasteiger partial charge in [0.25, 0.3) is 5.91 Å². The fourth-order valence-electron chi connectivity index (χ4n) is 10.7. The second-order valence-electron chi connectivity index (χ2n) is 21.3. The molecule has 5 heterocycles. The lowest BCUT2D eigenvalue weighted by molar-refractivity contribution is -0.360. The molecule has 2 unspecified atom stereocenters. The first-order valence-electron chi connectivity index (χ1n) is 27.7. The molecule has 80 heavy (non-hydrogen) atoms. The van der Waals surface area contributed by atoms with E-state index >= 15 is 8.63 Å². The first kappa shape index (κ1) is 56.5.